The van der Waals surface area contributed by atoms with Crippen molar-refractivity contribution in [2.45, 2.75) is 33.7 Å². The first-order valence-electron chi connectivity index (χ1n) is 7.12. The lowest BCUT2D eigenvalue weighted by atomic mass is 9.95. The Morgan fingerprint density at radius 3 is 3.00 bits per heavy atom. The van der Waals surface area contributed by atoms with Crippen LogP contribution in [0.25, 0.3) is 0 Å². The summed E-state index contributed by atoms with van der Waals surface area (Å²) in [4.78, 5) is 7.05. The molecule has 1 N–H and O–H groups in total. The normalized spacial score (nSPS) is 19.8. The average Bonchev–Trinajstić information content (AvgIpc) is 2.86. The summed E-state index contributed by atoms with van der Waals surface area (Å²) in [6.07, 6.45) is 3.21. The summed E-state index contributed by atoms with van der Waals surface area (Å²) in [6.45, 7) is 11.0. The van der Waals surface area contributed by atoms with E-state index in [0.717, 1.165) is 38.0 Å². The molecule has 2 heterocycles. The molecule has 1 unspecified atom stereocenters. The highest BCUT2D eigenvalue weighted by Gasteiger charge is 2.26. The van der Waals surface area contributed by atoms with Gasteiger partial charge in [-0.15, -0.1) is 0 Å². The summed E-state index contributed by atoms with van der Waals surface area (Å²) in [6, 6.07) is 4.22. The molecule has 0 amide bonds. The molecule has 1 aliphatic heterocycles. The lowest BCUT2D eigenvalue weighted by molar-refractivity contribution is 0.422. The molecule has 0 aliphatic carbocycles. The summed E-state index contributed by atoms with van der Waals surface area (Å²) < 4.78 is 0. The zero-order chi connectivity index (χ0) is 13.0. The predicted molar refractivity (Wildman–Crippen MR) is 76.8 cm³/mol. The van der Waals surface area contributed by atoms with Crippen molar-refractivity contribution in [3.05, 3.63) is 23.9 Å². The topological polar surface area (TPSA) is 28.2 Å². The third kappa shape index (κ3) is 3.02. The summed E-state index contributed by atoms with van der Waals surface area (Å²) in [7, 11) is 0. The molecule has 0 spiro atoms. The highest BCUT2D eigenvalue weighted by molar-refractivity contribution is 5.47. The summed E-state index contributed by atoms with van der Waals surface area (Å²) in [5.74, 6) is 2.77. The Morgan fingerprint density at radius 2 is 2.33 bits per heavy atom. The van der Waals surface area contributed by atoms with Gasteiger partial charge in [0.25, 0.3) is 0 Å². The molecule has 0 bridgehead atoms. The van der Waals surface area contributed by atoms with Crippen LogP contribution in [-0.4, -0.2) is 24.6 Å². The maximum atomic E-state index is 4.59. The van der Waals surface area contributed by atoms with E-state index in [-0.39, 0.29) is 0 Å². The fourth-order valence-electron chi connectivity index (χ4n) is 2.64. The minimum atomic E-state index is 0.774. The van der Waals surface area contributed by atoms with E-state index in [1.54, 1.807) is 0 Å². The zero-order valence-corrected chi connectivity index (χ0v) is 11.8. The Morgan fingerprint density at radius 1 is 1.50 bits per heavy atom. The molecule has 2 rings (SSSR count). The molecule has 1 aromatic heterocycles. The van der Waals surface area contributed by atoms with Gasteiger partial charge in [0.05, 0.1) is 0 Å². The van der Waals surface area contributed by atoms with E-state index in [1.807, 2.05) is 12.3 Å². The van der Waals surface area contributed by atoms with Crippen LogP contribution in [0, 0.1) is 11.8 Å². The van der Waals surface area contributed by atoms with E-state index in [1.165, 1.54) is 17.8 Å². The average molecular weight is 247 g/mol. The van der Waals surface area contributed by atoms with Crippen LogP contribution in [0.3, 0.4) is 0 Å². The van der Waals surface area contributed by atoms with Crippen LogP contribution < -0.4 is 10.2 Å². The van der Waals surface area contributed by atoms with E-state index >= 15 is 0 Å². The maximum absolute atomic E-state index is 4.59. The molecule has 1 saturated heterocycles. The molecule has 18 heavy (non-hydrogen) atoms. The largest absolute Gasteiger partial charge is 0.356 e. The number of rotatable bonds is 5. The third-order valence-electron chi connectivity index (χ3n) is 3.90. The molecule has 0 aromatic carbocycles. The van der Waals surface area contributed by atoms with Gasteiger partial charge in [0, 0.05) is 31.4 Å². The first-order valence-corrected chi connectivity index (χ1v) is 7.12. The summed E-state index contributed by atoms with van der Waals surface area (Å²) in [5, 5.41) is 3.40. The van der Waals surface area contributed by atoms with Crippen molar-refractivity contribution in [2.75, 3.05) is 24.5 Å². The van der Waals surface area contributed by atoms with Crippen LogP contribution in [0.4, 0.5) is 5.82 Å². The number of pyridine rings is 1. The Balaban J connectivity index is 2.08. The van der Waals surface area contributed by atoms with E-state index in [2.05, 4.69) is 42.0 Å². The fraction of sp³-hybridized carbons (Fsp3) is 0.667. The predicted octanol–water partition coefficient (Wildman–Crippen LogP) is 2.67. The van der Waals surface area contributed by atoms with Gasteiger partial charge in [0.15, 0.2) is 0 Å². The highest BCUT2D eigenvalue weighted by atomic mass is 15.2. The molecular formula is C15H25N3. The molecule has 1 atom stereocenters. The monoisotopic (exact) mass is 247 g/mol. The molecule has 1 fully saturated rings. The lowest BCUT2D eigenvalue weighted by Gasteiger charge is -2.21. The zero-order valence-electron chi connectivity index (χ0n) is 11.8. The second-order valence-electron chi connectivity index (χ2n) is 5.51. The van der Waals surface area contributed by atoms with Crippen molar-refractivity contribution in [3.8, 4) is 0 Å². The SMILES string of the molecule is CCNCc1cccnc1N1CCC(C(C)C)C1. The molecule has 3 heteroatoms. The Kier molecular flexibility index (Phi) is 4.59. The van der Waals surface area contributed by atoms with Gasteiger partial charge in [0.2, 0.25) is 0 Å². The number of aromatic nitrogens is 1. The smallest absolute Gasteiger partial charge is 0.133 e. The minimum Gasteiger partial charge on any atom is -0.356 e. The number of nitrogens with zero attached hydrogens (tertiary/aromatic N) is 2. The number of hydrogen-bond acceptors (Lipinski definition) is 3. The Bertz CT molecular complexity index is 376. The Hall–Kier alpha value is -1.09. The van der Waals surface area contributed by atoms with Crippen LogP contribution in [0.5, 0.6) is 0 Å². The van der Waals surface area contributed by atoms with E-state index < -0.39 is 0 Å². The molecule has 1 aliphatic rings. The van der Waals surface area contributed by atoms with Crippen LogP contribution in [0.1, 0.15) is 32.8 Å². The molecule has 0 saturated carbocycles. The quantitative estimate of drug-likeness (QED) is 0.867. The lowest BCUT2D eigenvalue weighted by Crippen LogP contribution is -2.25. The summed E-state index contributed by atoms with van der Waals surface area (Å²) >= 11 is 0. The van der Waals surface area contributed by atoms with Crippen molar-refractivity contribution < 1.29 is 0 Å². The van der Waals surface area contributed by atoms with Gasteiger partial charge in [-0.3, -0.25) is 0 Å². The van der Waals surface area contributed by atoms with Crippen molar-refractivity contribution in [1.82, 2.24) is 10.3 Å². The molecule has 1 aromatic rings. The molecule has 3 nitrogen and oxygen atoms in total. The van der Waals surface area contributed by atoms with Crippen LogP contribution >= 0.6 is 0 Å². The summed E-state index contributed by atoms with van der Waals surface area (Å²) in [5.41, 5.74) is 1.32. The molecule has 100 valence electrons. The highest BCUT2D eigenvalue weighted by Crippen LogP contribution is 2.28. The van der Waals surface area contributed by atoms with Crippen LogP contribution in [-0.2, 0) is 6.54 Å². The Labute approximate surface area is 111 Å². The van der Waals surface area contributed by atoms with Gasteiger partial charge >= 0.3 is 0 Å². The van der Waals surface area contributed by atoms with Gasteiger partial charge in [-0.05, 0) is 30.9 Å². The first-order chi connectivity index (χ1) is 8.72. The van der Waals surface area contributed by atoms with Gasteiger partial charge in [-0.25, -0.2) is 4.98 Å². The van der Waals surface area contributed by atoms with Crippen LogP contribution in [0.2, 0.25) is 0 Å². The van der Waals surface area contributed by atoms with E-state index in [0.29, 0.717) is 0 Å². The van der Waals surface area contributed by atoms with Crippen molar-refractivity contribution in [1.29, 1.82) is 0 Å². The van der Waals surface area contributed by atoms with E-state index in [9.17, 15) is 0 Å². The maximum Gasteiger partial charge on any atom is 0.133 e. The second-order valence-corrected chi connectivity index (χ2v) is 5.51. The van der Waals surface area contributed by atoms with Gasteiger partial charge in [-0.2, -0.15) is 0 Å². The van der Waals surface area contributed by atoms with Gasteiger partial charge < -0.3 is 10.2 Å². The third-order valence-corrected chi connectivity index (χ3v) is 3.90. The van der Waals surface area contributed by atoms with Gasteiger partial charge in [0.1, 0.15) is 5.82 Å². The standard InChI is InChI=1S/C15H25N3/c1-4-16-10-13-6-5-8-17-15(13)18-9-7-14(11-18)12(2)3/h5-6,8,12,14,16H,4,7,9-11H2,1-3H3. The van der Waals surface area contributed by atoms with Crippen molar-refractivity contribution in [2.24, 2.45) is 11.8 Å². The number of nitrogens with one attached hydrogen (secondary N) is 1. The van der Waals surface area contributed by atoms with Crippen molar-refractivity contribution in [3.63, 3.8) is 0 Å². The fourth-order valence-corrected chi connectivity index (χ4v) is 2.64. The van der Waals surface area contributed by atoms with E-state index in [4.69, 9.17) is 0 Å². The molecule has 0 radical (unpaired) electrons. The van der Waals surface area contributed by atoms with Crippen molar-refractivity contribution >= 4 is 5.82 Å². The van der Waals surface area contributed by atoms with Crippen LogP contribution in [0.15, 0.2) is 18.3 Å². The minimum absolute atomic E-state index is 0.774. The molecular weight excluding hydrogens is 222 g/mol. The number of anilines is 1. The van der Waals surface area contributed by atoms with Gasteiger partial charge in [-0.1, -0.05) is 26.8 Å². The first kappa shape index (κ1) is 13.3. The second kappa shape index (κ2) is 6.19. The number of hydrogen-bond donors (Lipinski definition) is 1.